The van der Waals surface area contributed by atoms with Gasteiger partial charge in [-0.05, 0) is 50.2 Å². The highest BCUT2D eigenvalue weighted by atomic mass is 35.5. The van der Waals surface area contributed by atoms with Crippen LogP contribution < -0.4 is 10.2 Å². The molecule has 6 heteroatoms. The van der Waals surface area contributed by atoms with Crippen molar-refractivity contribution in [1.29, 1.82) is 0 Å². The Balaban J connectivity index is 1.60. The molecule has 0 saturated carbocycles. The second kappa shape index (κ2) is 7.85. The van der Waals surface area contributed by atoms with Crippen LogP contribution in [0.5, 0.6) is 0 Å². The summed E-state index contributed by atoms with van der Waals surface area (Å²) >= 11 is 5.75. The first-order chi connectivity index (χ1) is 12.0. The molecule has 5 nitrogen and oxygen atoms in total. The van der Waals surface area contributed by atoms with Crippen molar-refractivity contribution >= 4 is 28.9 Å². The van der Waals surface area contributed by atoms with Crippen LogP contribution in [0.25, 0.3) is 0 Å². The molecule has 2 aromatic rings. The Morgan fingerprint density at radius 2 is 1.76 bits per heavy atom. The second-order valence-electron chi connectivity index (χ2n) is 6.49. The quantitative estimate of drug-likeness (QED) is 0.849. The Kier molecular flexibility index (Phi) is 5.56. The lowest BCUT2D eigenvalue weighted by atomic mass is 10.1. The molecule has 132 valence electrons. The maximum atomic E-state index is 12.3. The van der Waals surface area contributed by atoms with Gasteiger partial charge in [-0.15, -0.1) is 0 Å². The number of halogens is 1. The Labute approximate surface area is 153 Å². The van der Waals surface area contributed by atoms with Gasteiger partial charge in [-0.1, -0.05) is 11.6 Å². The molecule has 1 fully saturated rings. The van der Waals surface area contributed by atoms with E-state index in [0.29, 0.717) is 22.4 Å². The SMILES string of the molecule is CC(C)N1CCN(c2ccc(C(=O)Nc3ccc(Cl)nc3)cc2)CC1. The van der Waals surface area contributed by atoms with E-state index in [1.165, 1.54) is 0 Å². The maximum Gasteiger partial charge on any atom is 0.255 e. The molecule has 0 radical (unpaired) electrons. The van der Waals surface area contributed by atoms with Gasteiger partial charge in [-0.25, -0.2) is 4.98 Å². The zero-order chi connectivity index (χ0) is 17.8. The predicted octanol–water partition coefficient (Wildman–Crippen LogP) is 3.52. The fourth-order valence-electron chi connectivity index (χ4n) is 2.97. The Morgan fingerprint density at radius 3 is 2.32 bits per heavy atom. The number of benzene rings is 1. The normalized spacial score (nSPS) is 15.4. The molecule has 0 bridgehead atoms. The molecule has 3 rings (SSSR count). The molecule has 1 N–H and O–H groups in total. The monoisotopic (exact) mass is 358 g/mol. The van der Waals surface area contributed by atoms with Crippen molar-refractivity contribution in [3.8, 4) is 0 Å². The van der Waals surface area contributed by atoms with Crippen LogP contribution in [0.2, 0.25) is 5.15 Å². The van der Waals surface area contributed by atoms with E-state index in [1.807, 2.05) is 24.3 Å². The lowest BCUT2D eigenvalue weighted by Gasteiger charge is -2.38. The molecule has 1 aliphatic rings. The van der Waals surface area contributed by atoms with Gasteiger partial charge in [-0.3, -0.25) is 9.69 Å². The van der Waals surface area contributed by atoms with E-state index in [4.69, 9.17) is 11.6 Å². The summed E-state index contributed by atoms with van der Waals surface area (Å²) in [5, 5.41) is 3.23. The Bertz CT molecular complexity index is 707. The van der Waals surface area contributed by atoms with Gasteiger partial charge in [0.15, 0.2) is 0 Å². The first kappa shape index (κ1) is 17.7. The van der Waals surface area contributed by atoms with Crippen molar-refractivity contribution in [2.75, 3.05) is 36.4 Å². The Morgan fingerprint density at radius 1 is 1.08 bits per heavy atom. The number of pyridine rings is 1. The summed E-state index contributed by atoms with van der Waals surface area (Å²) in [7, 11) is 0. The smallest absolute Gasteiger partial charge is 0.255 e. The molecule has 0 spiro atoms. The summed E-state index contributed by atoms with van der Waals surface area (Å²) in [6, 6.07) is 11.7. The van der Waals surface area contributed by atoms with Crippen LogP contribution >= 0.6 is 11.6 Å². The number of hydrogen-bond donors (Lipinski definition) is 1. The number of rotatable bonds is 4. The largest absolute Gasteiger partial charge is 0.369 e. The van der Waals surface area contributed by atoms with Crippen LogP contribution in [0.4, 0.5) is 11.4 Å². The number of hydrogen-bond acceptors (Lipinski definition) is 4. The maximum absolute atomic E-state index is 12.3. The van der Waals surface area contributed by atoms with E-state index >= 15 is 0 Å². The summed E-state index contributed by atoms with van der Waals surface area (Å²) < 4.78 is 0. The van der Waals surface area contributed by atoms with Crippen molar-refractivity contribution in [1.82, 2.24) is 9.88 Å². The molecule has 0 atom stereocenters. The molecular weight excluding hydrogens is 336 g/mol. The van der Waals surface area contributed by atoms with Crippen molar-refractivity contribution in [3.63, 3.8) is 0 Å². The minimum Gasteiger partial charge on any atom is -0.369 e. The average molecular weight is 359 g/mol. The Hall–Kier alpha value is -2.11. The van der Waals surface area contributed by atoms with Gasteiger partial charge in [0, 0.05) is 43.5 Å². The molecule has 1 aromatic carbocycles. The number of aromatic nitrogens is 1. The van der Waals surface area contributed by atoms with Crippen LogP contribution in [0.1, 0.15) is 24.2 Å². The van der Waals surface area contributed by atoms with Crippen molar-refractivity contribution in [2.24, 2.45) is 0 Å². The standard InChI is InChI=1S/C19H23ClN4O/c1-14(2)23-9-11-24(12-10-23)17-6-3-15(4-7-17)19(25)22-16-5-8-18(20)21-13-16/h3-8,13-14H,9-12H2,1-2H3,(H,22,25). The number of anilines is 2. The van der Waals surface area contributed by atoms with E-state index in [9.17, 15) is 4.79 Å². The minimum atomic E-state index is -0.153. The van der Waals surface area contributed by atoms with Crippen LogP contribution in [0, 0.1) is 0 Å². The van der Waals surface area contributed by atoms with E-state index in [-0.39, 0.29) is 5.91 Å². The summed E-state index contributed by atoms with van der Waals surface area (Å²) in [4.78, 5) is 21.1. The van der Waals surface area contributed by atoms with Crippen LogP contribution in [0.15, 0.2) is 42.6 Å². The predicted molar refractivity (Wildman–Crippen MR) is 103 cm³/mol. The molecule has 25 heavy (non-hydrogen) atoms. The highest BCUT2D eigenvalue weighted by Gasteiger charge is 2.19. The summed E-state index contributed by atoms with van der Waals surface area (Å²) in [5.41, 5.74) is 2.41. The van der Waals surface area contributed by atoms with Crippen molar-refractivity contribution in [3.05, 3.63) is 53.3 Å². The molecular formula is C19H23ClN4O. The highest BCUT2D eigenvalue weighted by Crippen LogP contribution is 2.19. The van der Waals surface area contributed by atoms with E-state index in [2.05, 4.69) is 33.9 Å². The van der Waals surface area contributed by atoms with Gasteiger partial charge in [0.2, 0.25) is 0 Å². The second-order valence-corrected chi connectivity index (χ2v) is 6.87. The molecule has 1 saturated heterocycles. The zero-order valence-corrected chi connectivity index (χ0v) is 15.3. The van der Waals surface area contributed by atoms with Crippen LogP contribution in [0.3, 0.4) is 0 Å². The third kappa shape index (κ3) is 4.50. The lowest BCUT2D eigenvalue weighted by molar-refractivity contribution is 0.102. The minimum absolute atomic E-state index is 0.153. The lowest BCUT2D eigenvalue weighted by Crippen LogP contribution is -2.48. The summed E-state index contributed by atoms with van der Waals surface area (Å²) in [6.45, 7) is 8.64. The molecule has 1 aromatic heterocycles. The molecule has 0 aliphatic carbocycles. The third-order valence-corrected chi connectivity index (χ3v) is 4.75. The van der Waals surface area contributed by atoms with Crippen molar-refractivity contribution in [2.45, 2.75) is 19.9 Å². The zero-order valence-electron chi connectivity index (χ0n) is 14.6. The molecule has 1 aliphatic heterocycles. The first-order valence-corrected chi connectivity index (χ1v) is 8.93. The van der Waals surface area contributed by atoms with Gasteiger partial charge in [-0.2, -0.15) is 0 Å². The average Bonchev–Trinajstić information content (AvgIpc) is 2.64. The van der Waals surface area contributed by atoms with Gasteiger partial charge < -0.3 is 10.2 Å². The number of carbonyl (C=O) groups is 1. The van der Waals surface area contributed by atoms with Crippen LogP contribution in [-0.2, 0) is 0 Å². The first-order valence-electron chi connectivity index (χ1n) is 8.55. The third-order valence-electron chi connectivity index (χ3n) is 4.52. The fourth-order valence-corrected chi connectivity index (χ4v) is 3.08. The molecule has 0 unspecified atom stereocenters. The number of piperazine rings is 1. The van der Waals surface area contributed by atoms with Gasteiger partial charge in [0.1, 0.15) is 5.15 Å². The number of amides is 1. The summed E-state index contributed by atoms with van der Waals surface area (Å²) in [6.07, 6.45) is 1.54. The van der Waals surface area contributed by atoms with Crippen LogP contribution in [-0.4, -0.2) is 48.0 Å². The van der Waals surface area contributed by atoms with E-state index in [0.717, 1.165) is 31.9 Å². The van der Waals surface area contributed by atoms with Gasteiger partial charge in [0.05, 0.1) is 11.9 Å². The fraction of sp³-hybridized carbons (Fsp3) is 0.368. The van der Waals surface area contributed by atoms with Gasteiger partial charge >= 0.3 is 0 Å². The van der Waals surface area contributed by atoms with Gasteiger partial charge in [0.25, 0.3) is 5.91 Å². The number of nitrogens with zero attached hydrogens (tertiary/aromatic N) is 3. The molecule has 2 heterocycles. The highest BCUT2D eigenvalue weighted by molar-refractivity contribution is 6.29. The van der Waals surface area contributed by atoms with Crippen molar-refractivity contribution < 1.29 is 4.79 Å². The molecule has 1 amide bonds. The summed E-state index contributed by atoms with van der Waals surface area (Å²) in [5.74, 6) is -0.153. The van der Waals surface area contributed by atoms with E-state index < -0.39 is 0 Å². The number of nitrogens with one attached hydrogen (secondary N) is 1. The number of carbonyl (C=O) groups excluding carboxylic acids is 1. The van der Waals surface area contributed by atoms with E-state index in [1.54, 1.807) is 18.3 Å². The topological polar surface area (TPSA) is 48.5 Å².